The first-order valence-corrected chi connectivity index (χ1v) is 7.46. The lowest BCUT2D eigenvalue weighted by Crippen LogP contribution is -2.46. The summed E-state index contributed by atoms with van der Waals surface area (Å²) in [7, 11) is 0. The topological polar surface area (TPSA) is 27.0 Å². The molecule has 1 heterocycles. The van der Waals surface area contributed by atoms with E-state index < -0.39 is 0 Å². The van der Waals surface area contributed by atoms with E-state index in [0.29, 0.717) is 23.8 Å². The molecule has 0 N–H and O–H groups in total. The number of hydrogen-bond donors (Lipinski definition) is 0. The van der Waals surface area contributed by atoms with E-state index in [-0.39, 0.29) is 0 Å². The van der Waals surface area contributed by atoms with Gasteiger partial charge in [0.05, 0.1) is 11.3 Å². The van der Waals surface area contributed by atoms with Crippen LogP contribution >= 0.6 is 11.6 Å². The molecule has 1 aromatic carbocycles. The SMILES string of the molecule is CC1CC(C)C(C)N(c2ccc(CCl)cc2C#N)C1. The van der Waals surface area contributed by atoms with Crippen molar-refractivity contribution in [2.24, 2.45) is 11.8 Å². The van der Waals surface area contributed by atoms with Crippen LogP contribution in [0.3, 0.4) is 0 Å². The van der Waals surface area contributed by atoms with E-state index in [0.717, 1.165) is 23.4 Å². The molecule has 3 atom stereocenters. The Kier molecular flexibility index (Phi) is 4.37. The van der Waals surface area contributed by atoms with Crippen molar-refractivity contribution in [2.75, 3.05) is 11.4 Å². The summed E-state index contributed by atoms with van der Waals surface area (Å²) >= 11 is 5.85. The van der Waals surface area contributed by atoms with Gasteiger partial charge in [0.15, 0.2) is 0 Å². The van der Waals surface area contributed by atoms with Crippen molar-refractivity contribution in [1.82, 2.24) is 0 Å². The first kappa shape index (κ1) is 14.2. The number of anilines is 1. The number of benzene rings is 1. The smallest absolute Gasteiger partial charge is 0.101 e. The third-order valence-corrected chi connectivity index (χ3v) is 4.55. The average Bonchev–Trinajstić information content (AvgIpc) is 2.42. The van der Waals surface area contributed by atoms with Gasteiger partial charge in [0.1, 0.15) is 6.07 Å². The Morgan fingerprint density at radius 2 is 2.11 bits per heavy atom. The number of piperidine rings is 1. The molecule has 1 fully saturated rings. The van der Waals surface area contributed by atoms with Gasteiger partial charge in [-0.05, 0) is 42.9 Å². The van der Waals surface area contributed by atoms with Crippen LogP contribution in [0.15, 0.2) is 18.2 Å². The minimum atomic E-state index is 0.456. The molecule has 0 saturated carbocycles. The predicted octanol–water partition coefficient (Wildman–Crippen LogP) is 4.17. The predicted molar refractivity (Wildman–Crippen MR) is 80.5 cm³/mol. The van der Waals surface area contributed by atoms with E-state index in [9.17, 15) is 5.26 Å². The molecule has 2 nitrogen and oxygen atoms in total. The van der Waals surface area contributed by atoms with E-state index in [1.165, 1.54) is 6.42 Å². The summed E-state index contributed by atoms with van der Waals surface area (Å²) in [5, 5.41) is 9.37. The normalized spacial score (nSPS) is 27.1. The molecule has 102 valence electrons. The maximum Gasteiger partial charge on any atom is 0.101 e. The highest BCUT2D eigenvalue weighted by Gasteiger charge is 2.30. The number of halogens is 1. The Hall–Kier alpha value is -1.20. The van der Waals surface area contributed by atoms with Crippen LogP contribution in [-0.2, 0) is 5.88 Å². The van der Waals surface area contributed by atoms with Crippen LogP contribution in [0, 0.1) is 23.2 Å². The largest absolute Gasteiger partial charge is 0.367 e. The zero-order chi connectivity index (χ0) is 14.0. The highest BCUT2D eigenvalue weighted by atomic mass is 35.5. The number of nitrogens with zero attached hydrogens (tertiary/aromatic N) is 2. The zero-order valence-electron chi connectivity index (χ0n) is 11.9. The molecule has 2 rings (SSSR count). The molecule has 1 aliphatic heterocycles. The van der Waals surface area contributed by atoms with Gasteiger partial charge in [-0.15, -0.1) is 11.6 Å². The van der Waals surface area contributed by atoms with Gasteiger partial charge in [-0.3, -0.25) is 0 Å². The molecule has 1 aliphatic rings. The summed E-state index contributed by atoms with van der Waals surface area (Å²) in [5.74, 6) is 1.78. The van der Waals surface area contributed by atoms with Gasteiger partial charge in [-0.1, -0.05) is 19.9 Å². The summed E-state index contributed by atoms with van der Waals surface area (Å²) in [5.41, 5.74) is 2.81. The maximum atomic E-state index is 9.37. The van der Waals surface area contributed by atoms with E-state index in [1.54, 1.807) is 0 Å². The summed E-state index contributed by atoms with van der Waals surface area (Å²) in [6.45, 7) is 7.87. The molecular weight excluding hydrogens is 256 g/mol. The second kappa shape index (κ2) is 5.84. The van der Waals surface area contributed by atoms with Crippen molar-refractivity contribution in [3.8, 4) is 6.07 Å². The molecule has 0 bridgehead atoms. The van der Waals surface area contributed by atoms with Gasteiger partial charge in [0.25, 0.3) is 0 Å². The summed E-state index contributed by atoms with van der Waals surface area (Å²) in [4.78, 5) is 2.38. The van der Waals surface area contributed by atoms with Gasteiger partial charge in [0, 0.05) is 18.5 Å². The third kappa shape index (κ3) is 2.87. The fourth-order valence-corrected chi connectivity index (χ4v) is 3.21. The Morgan fingerprint density at radius 3 is 2.74 bits per heavy atom. The van der Waals surface area contributed by atoms with Crippen LogP contribution in [0.4, 0.5) is 5.69 Å². The fourth-order valence-electron chi connectivity index (χ4n) is 3.04. The van der Waals surface area contributed by atoms with E-state index in [1.807, 2.05) is 12.1 Å². The molecule has 0 spiro atoms. The van der Waals surface area contributed by atoms with Crippen molar-refractivity contribution < 1.29 is 0 Å². The molecule has 3 heteroatoms. The van der Waals surface area contributed by atoms with Gasteiger partial charge < -0.3 is 4.90 Å². The van der Waals surface area contributed by atoms with Crippen LogP contribution in [0.25, 0.3) is 0 Å². The first-order valence-electron chi connectivity index (χ1n) is 6.92. The van der Waals surface area contributed by atoms with Gasteiger partial charge in [0.2, 0.25) is 0 Å². The standard InChI is InChI=1S/C16H21ClN2/c1-11-6-12(2)13(3)19(10-11)16-5-4-14(8-17)7-15(16)9-18/h4-5,7,11-13H,6,8,10H2,1-3H3. The van der Waals surface area contributed by atoms with Crippen LogP contribution in [0.5, 0.6) is 0 Å². The van der Waals surface area contributed by atoms with E-state index in [2.05, 4.69) is 37.8 Å². The molecule has 0 aliphatic carbocycles. The molecular formula is C16H21ClN2. The highest BCUT2D eigenvalue weighted by molar-refractivity contribution is 6.17. The van der Waals surface area contributed by atoms with Crippen LogP contribution in [-0.4, -0.2) is 12.6 Å². The Morgan fingerprint density at radius 1 is 1.37 bits per heavy atom. The molecule has 0 radical (unpaired) electrons. The molecule has 19 heavy (non-hydrogen) atoms. The van der Waals surface area contributed by atoms with Crippen molar-refractivity contribution in [2.45, 2.75) is 39.1 Å². The quantitative estimate of drug-likeness (QED) is 0.758. The summed E-state index contributed by atoms with van der Waals surface area (Å²) in [6.07, 6.45) is 1.26. The highest BCUT2D eigenvalue weighted by Crippen LogP contribution is 2.33. The van der Waals surface area contributed by atoms with E-state index in [4.69, 9.17) is 11.6 Å². The Balaban J connectivity index is 2.37. The van der Waals surface area contributed by atoms with Gasteiger partial charge >= 0.3 is 0 Å². The third-order valence-electron chi connectivity index (χ3n) is 4.24. The van der Waals surface area contributed by atoms with Gasteiger partial charge in [-0.2, -0.15) is 5.26 Å². The lowest BCUT2D eigenvalue weighted by atomic mass is 9.85. The van der Waals surface area contributed by atoms with Crippen LogP contribution < -0.4 is 4.90 Å². The maximum absolute atomic E-state index is 9.37. The molecule has 1 saturated heterocycles. The second-order valence-corrected chi connectivity index (χ2v) is 6.08. The van der Waals surface area contributed by atoms with Crippen molar-refractivity contribution >= 4 is 17.3 Å². The Labute approximate surface area is 121 Å². The number of nitriles is 1. The lowest BCUT2D eigenvalue weighted by molar-refractivity contribution is 0.297. The first-order chi connectivity index (χ1) is 9.06. The molecule has 1 aromatic rings. The number of hydrogen-bond acceptors (Lipinski definition) is 2. The van der Waals surface area contributed by atoms with Crippen molar-refractivity contribution in [3.63, 3.8) is 0 Å². The monoisotopic (exact) mass is 276 g/mol. The van der Waals surface area contributed by atoms with Gasteiger partial charge in [-0.25, -0.2) is 0 Å². The number of rotatable bonds is 2. The summed E-state index contributed by atoms with van der Waals surface area (Å²) in [6, 6.07) is 8.79. The molecule has 0 amide bonds. The minimum Gasteiger partial charge on any atom is -0.367 e. The zero-order valence-corrected chi connectivity index (χ0v) is 12.6. The van der Waals surface area contributed by atoms with Crippen LogP contribution in [0.2, 0.25) is 0 Å². The van der Waals surface area contributed by atoms with E-state index >= 15 is 0 Å². The average molecular weight is 277 g/mol. The molecule has 0 aromatic heterocycles. The number of alkyl halides is 1. The van der Waals surface area contributed by atoms with Crippen molar-refractivity contribution in [3.05, 3.63) is 29.3 Å². The van der Waals surface area contributed by atoms with Crippen LogP contribution in [0.1, 0.15) is 38.3 Å². The molecule has 3 unspecified atom stereocenters. The minimum absolute atomic E-state index is 0.456. The van der Waals surface area contributed by atoms with Crippen molar-refractivity contribution in [1.29, 1.82) is 5.26 Å². The second-order valence-electron chi connectivity index (χ2n) is 5.81. The fraction of sp³-hybridized carbons (Fsp3) is 0.562. The Bertz CT molecular complexity index is 492. The lowest BCUT2D eigenvalue weighted by Gasteiger charge is -2.43. The summed E-state index contributed by atoms with van der Waals surface area (Å²) < 4.78 is 0.